The van der Waals surface area contributed by atoms with Crippen LogP contribution in [0.5, 0.6) is 0 Å². The van der Waals surface area contributed by atoms with E-state index in [1.165, 1.54) is 25.8 Å². The molecule has 1 aliphatic heterocycles. The molecule has 5 nitrogen and oxygen atoms in total. The molecule has 1 fully saturated rings. The van der Waals surface area contributed by atoms with Crippen LogP contribution in [0.25, 0.3) is 11.5 Å². The molecule has 1 N–H and O–H groups in total. The molecule has 1 aromatic heterocycles. The number of hydrogen-bond acceptors (Lipinski definition) is 5. The molecule has 3 rings (SSSR count). The zero-order chi connectivity index (χ0) is 14.7. The summed E-state index contributed by atoms with van der Waals surface area (Å²) in [6.07, 6.45) is 3.94. The first-order valence-corrected chi connectivity index (χ1v) is 7.54. The molecule has 1 saturated heterocycles. The van der Waals surface area contributed by atoms with Crippen molar-refractivity contribution in [2.75, 3.05) is 25.5 Å². The normalized spacial score (nSPS) is 21.1. The summed E-state index contributed by atoms with van der Waals surface area (Å²) < 4.78 is 5.25. The third kappa shape index (κ3) is 3.42. The number of piperidine rings is 1. The molecule has 2 heterocycles. The lowest BCUT2D eigenvalue weighted by Gasteiger charge is -2.34. The molecule has 2 aromatic rings. The van der Waals surface area contributed by atoms with Crippen molar-refractivity contribution in [1.82, 2.24) is 15.1 Å². The Balaban J connectivity index is 1.68. The molecular weight excluding hydrogens is 264 g/mol. The Labute approximate surface area is 125 Å². The molecule has 0 saturated carbocycles. The Morgan fingerprint density at radius 3 is 3.10 bits per heavy atom. The maximum absolute atomic E-state index is 5.25. The van der Waals surface area contributed by atoms with Gasteiger partial charge in [-0.25, -0.2) is 0 Å². The van der Waals surface area contributed by atoms with Crippen LogP contribution < -0.4 is 5.32 Å². The Morgan fingerprint density at radius 2 is 2.33 bits per heavy atom. The zero-order valence-electron chi connectivity index (χ0n) is 12.6. The van der Waals surface area contributed by atoms with Crippen LogP contribution in [-0.4, -0.2) is 41.3 Å². The number of likely N-dealkylation sites (tertiary alicyclic amines) is 1. The van der Waals surface area contributed by atoms with Gasteiger partial charge in [-0.2, -0.15) is 0 Å². The van der Waals surface area contributed by atoms with E-state index in [0.29, 0.717) is 17.9 Å². The van der Waals surface area contributed by atoms with Crippen LogP contribution in [0.15, 0.2) is 35.1 Å². The number of hydrogen-bond donors (Lipinski definition) is 1. The minimum absolute atomic E-state index is 0.450. The first-order chi connectivity index (χ1) is 10.2. The van der Waals surface area contributed by atoms with Crippen molar-refractivity contribution < 1.29 is 4.42 Å². The molecule has 2 atom stereocenters. The SMILES string of the molecule is CC(Nc1cccc(-c2nnco2)c1)C1CCCN(C)C1. The molecule has 1 aliphatic rings. The van der Waals surface area contributed by atoms with Crippen molar-refractivity contribution in [3.8, 4) is 11.5 Å². The van der Waals surface area contributed by atoms with E-state index in [1.54, 1.807) is 0 Å². The maximum atomic E-state index is 5.25. The van der Waals surface area contributed by atoms with E-state index in [-0.39, 0.29) is 0 Å². The van der Waals surface area contributed by atoms with Gasteiger partial charge in [-0.05, 0) is 57.5 Å². The van der Waals surface area contributed by atoms with Crippen LogP contribution in [-0.2, 0) is 0 Å². The second kappa shape index (κ2) is 6.26. The molecule has 0 aliphatic carbocycles. The van der Waals surface area contributed by atoms with Gasteiger partial charge in [-0.15, -0.1) is 10.2 Å². The van der Waals surface area contributed by atoms with Gasteiger partial charge in [0.15, 0.2) is 0 Å². The first kappa shape index (κ1) is 14.1. The van der Waals surface area contributed by atoms with Crippen molar-refractivity contribution >= 4 is 5.69 Å². The predicted octanol–water partition coefficient (Wildman–Crippen LogP) is 2.88. The Morgan fingerprint density at radius 1 is 1.43 bits per heavy atom. The van der Waals surface area contributed by atoms with Crippen LogP contribution in [0, 0.1) is 5.92 Å². The highest BCUT2D eigenvalue weighted by atomic mass is 16.4. The fraction of sp³-hybridized carbons (Fsp3) is 0.500. The van der Waals surface area contributed by atoms with Gasteiger partial charge < -0.3 is 14.6 Å². The summed E-state index contributed by atoms with van der Waals surface area (Å²) in [7, 11) is 2.20. The third-order valence-electron chi connectivity index (χ3n) is 4.23. The van der Waals surface area contributed by atoms with Crippen LogP contribution in [0.4, 0.5) is 5.69 Å². The highest BCUT2D eigenvalue weighted by Crippen LogP contribution is 2.24. The molecule has 112 valence electrons. The number of benzene rings is 1. The number of aromatic nitrogens is 2. The van der Waals surface area contributed by atoms with Gasteiger partial charge >= 0.3 is 0 Å². The summed E-state index contributed by atoms with van der Waals surface area (Å²) in [6, 6.07) is 8.60. The van der Waals surface area contributed by atoms with E-state index in [0.717, 1.165) is 17.8 Å². The smallest absolute Gasteiger partial charge is 0.247 e. The van der Waals surface area contributed by atoms with E-state index < -0.39 is 0 Å². The minimum Gasteiger partial charge on any atom is -0.423 e. The minimum atomic E-state index is 0.450. The highest BCUT2D eigenvalue weighted by molar-refractivity contribution is 5.61. The molecular formula is C16H22N4O. The van der Waals surface area contributed by atoms with E-state index in [2.05, 4.69) is 46.5 Å². The Bertz CT molecular complexity index is 569. The van der Waals surface area contributed by atoms with Crippen molar-refractivity contribution in [2.24, 2.45) is 5.92 Å². The van der Waals surface area contributed by atoms with Crippen molar-refractivity contribution in [1.29, 1.82) is 0 Å². The second-order valence-electron chi connectivity index (χ2n) is 5.92. The molecule has 1 aromatic carbocycles. The quantitative estimate of drug-likeness (QED) is 0.936. The molecule has 0 amide bonds. The lowest BCUT2D eigenvalue weighted by molar-refractivity contribution is 0.197. The summed E-state index contributed by atoms with van der Waals surface area (Å²) in [5.74, 6) is 1.25. The van der Waals surface area contributed by atoms with Gasteiger partial charge in [0.05, 0.1) is 0 Å². The molecule has 0 spiro atoms. The van der Waals surface area contributed by atoms with Gasteiger partial charge in [0.25, 0.3) is 0 Å². The standard InChI is InChI=1S/C16H22N4O/c1-12(14-6-4-8-20(2)10-14)18-15-7-3-5-13(9-15)16-19-17-11-21-16/h3,5,7,9,11-12,14,18H,4,6,8,10H2,1-2H3. The fourth-order valence-corrected chi connectivity index (χ4v) is 3.04. The fourth-order valence-electron chi connectivity index (χ4n) is 3.04. The first-order valence-electron chi connectivity index (χ1n) is 7.54. The molecule has 5 heteroatoms. The van der Waals surface area contributed by atoms with Gasteiger partial charge in [0.1, 0.15) is 0 Å². The Kier molecular flexibility index (Phi) is 4.20. The van der Waals surface area contributed by atoms with E-state index in [1.807, 2.05) is 12.1 Å². The lowest BCUT2D eigenvalue weighted by Crippen LogP contribution is -2.39. The average molecular weight is 286 g/mol. The number of rotatable bonds is 4. The summed E-state index contributed by atoms with van der Waals surface area (Å²) in [5.41, 5.74) is 2.05. The van der Waals surface area contributed by atoms with Crippen LogP contribution in [0.2, 0.25) is 0 Å². The van der Waals surface area contributed by atoms with Gasteiger partial charge in [-0.1, -0.05) is 6.07 Å². The van der Waals surface area contributed by atoms with Crippen LogP contribution >= 0.6 is 0 Å². The highest BCUT2D eigenvalue weighted by Gasteiger charge is 2.22. The summed E-state index contributed by atoms with van der Waals surface area (Å²) in [6.45, 7) is 4.65. The van der Waals surface area contributed by atoms with E-state index >= 15 is 0 Å². The lowest BCUT2D eigenvalue weighted by atomic mass is 9.91. The number of anilines is 1. The van der Waals surface area contributed by atoms with E-state index in [9.17, 15) is 0 Å². The molecule has 0 radical (unpaired) electrons. The largest absolute Gasteiger partial charge is 0.423 e. The number of nitrogens with one attached hydrogen (secondary N) is 1. The zero-order valence-corrected chi connectivity index (χ0v) is 12.6. The second-order valence-corrected chi connectivity index (χ2v) is 5.92. The van der Waals surface area contributed by atoms with Crippen LogP contribution in [0.1, 0.15) is 19.8 Å². The topological polar surface area (TPSA) is 54.2 Å². The average Bonchev–Trinajstić information content (AvgIpc) is 3.02. The third-order valence-corrected chi connectivity index (χ3v) is 4.23. The predicted molar refractivity (Wildman–Crippen MR) is 83.0 cm³/mol. The Hall–Kier alpha value is -1.88. The molecule has 2 unspecified atom stereocenters. The number of nitrogens with zero attached hydrogens (tertiary/aromatic N) is 3. The van der Waals surface area contributed by atoms with Crippen LogP contribution in [0.3, 0.4) is 0 Å². The van der Waals surface area contributed by atoms with Crippen molar-refractivity contribution in [3.63, 3.8) is 0 Å². The summed E-state index contributed by atoms with van der Waals surface area (Å²) >= 11 is 0. The summed E-state index contributed by atoms with van der Waals surface area (Å²) in [4.78, 5) is 2.42. The van der Waals surface area contributed by atoms with Crippen molar-refractivity contribution in [3.05, 3.63) is 30.7 Å². The summed E-state index contributed by atoms with van der Waals surface area (Å²) in [5, 5.41) is 11.3. The maximum Gasteiger partial charge on any atom is 0.247 e. The monoisotopic (exact) mass is 286 g/mol. The van der Waals surface area contributed by atoms with Gasteiger partial charge in [0.2, 0.25) is 12.3 Å². The molecule has 21 heavy (non-hydrogen) atoms. The van der Waals surface area contributed by atoms with Gasteiger partial charge in [-0.3, -0.25) is 0 Å². The molecule has 0 bridgehead atoms. The van der Waals surface area contributed by atoms with Gasteiger partial charge in [0, 0.05) is 23.8 Å². The van der Waals surface area contributed by atoms with Crippen molar-refractivity contribution in [2.45, 2.75) is 25.8 Å². The van der Waals surface area contributed by atoms with E-state index in [4.69, 9.17) is 4.42 Å².